The summed E-state index contributed by atoms with van der Waals surface area (Å²) < 4.78 is 1.73. The van der Waals surface area contributed by atoms with Crippen molar-refractivity contribution < 1.29 is 0 Å². The Balaban J connectivity index is 1.71. The SMILES string of the molecule is Clc1ccccc1C=Cc1nn2c(-c3cccnc3)nnc2s1. The van der Waals surface area contributed by atoms with E-state index in [0.29, 0.717) is 10.8 Å². The van der Waals surface area contributed by atoms with Crippen molar-refractivity contribution >= 4 is 40.1 Å². The first-order valence-electron chi connectivity index (χ1n) is 6.86. The quantitative estimate of drug-likeness (QED) is 0.564. The van der Waals surface area contributed by atoms with Crippen LogP contribution in [0.25, 0.3) is 28.5 Å². The van der Waals surface area contributed by atoms with Crippen LogP contribution < -0.4 is 0 Å². The molecule has 0 saturated carbocycles. The number of hydrogen-bond donors (Lipinski definition) is 0. The highest BCUT2D eigenvalue weighted by atomic mass is 35.5. The molecule has 4 rings (SSSR count). The maximum atomic E-state index is 6.15. The zero-order valence-electron chi connectivity index (χ0n) is 11.8. The molecule has 1 aromatic carbocycles. The second-order valence-corrected chi connectivity index (χ2v) is 6.15. The topological polar surface area (TPSA) is 56.0 Å². The lowest BCUT2D eigenvalue weighted by Gasteiger charge is -1.95. The number of hydrogen-bond acceptors (Lipinski definition) is 5. The van der Waals surface area contributed by atoms with E-state index in [-0.39, 0.29) is 0 Å². The lowest BCUT2D eigenvalue weighted by Crippen LogP contribution is -1.91. The lowest BCUT2D eigenvalue weighted by atomic mass is 10.2. The van der Waals surface area contributed by atoms with E-state index < -0.39 is 0 Å². The normalized spacial score (nSPS) is 11.5. The second kappa shape index (κ2) is 5.91. The molecule has 0 aliphatic heterocycles. The summed E-state index contributed by atoms with van der Waals surface area (Å²) in [6.07, 6.45) is 7.33. The van der Waals surface area contributed by atoms with Gasteiger partial charge in [-0.1, -0.05) is 47.2 Å². The molecule has 0 fully saturated rings. The lowest BCUT2D eigenvalue weighted by molar-refractivity contribution is 0.958. The Hall–Kier alpha value is -2.57. The number of rotatable bonds is 3. The molecule has 5 nitrogen and oxygen atoms in total. The van der Waals surface area contributed by atoms with Crippen LogP contribution in [0.4, 0.5) is 0 Å². The zero-order valence-corrected chi connectivity index (χ0v) is 13.4. The molecule has 112 valence electrons. The Kier molecular flexibility index (Phi) is 3.61. The molecule has 0 amide bonds. The molecule has 3 aromatic heterocycles. The highest BCUT2D eigenvalue weighted by Gasteiger charge is 2.12. The Morgan fingerprint density at radius 3 is 2.78 bits per heavy atom. The van der Waals surface area contributed by atoms with Gasteiger partial charge in [-0.05, 0) is 29.8 Å². The van der Waals surface area contributed by atoms with Crippen LogP contribution >= 0.6 is 22.9 Å². The van der Waals surface area contributed by atoms with Gasteiger partial charge < -0.3 is 0 Å². The van der Waals surface area contributed by atoms with Crippen molar-refractivity contribution in [3.63, 3.8) is 0 Å². The Labute approximate surface area is 140 Å². The van der Waals surface area contributed by atoms with Gasteiger partial charge in [0.2, 0.25) is 4.96 Å². The Bertz CT molecular complexity index is 990. The van der Waals surface area contributed by atoms with Gasteiger partial charge in [-0.2, -0.15) is 9.61 Å². The van der Waals surface area contributed by atoms with Crippen LogP contribution in [-0.2, 0) is 0 Å². The monoisotopic (exact) mass is 339 g/mol. The maximum Gasteiger partial charge on any atom is 0.235 e. The predicted molar refractivity (Wildman–Crippen MR) is 92.3 cm³/mol. The smallest absolute Gasteiger partial charge is 0.235 e. The van der Waals surface area contributed by atoms with E-state index in [1.807, 2.05) is 48.6 Å². The number of halogens is 1. The van der Waals surface area contributed by atoms with E-state index in [0.717, 1.165) is 21.1 Å². The van der Waals surface area contributed by atoms with Gasteiger partial charge in [0.05, 0.1) is 0 Å². The number of fused-ring (bicyclic) bond motifs is 1. The minimum Gasteiger partial charge on any atom is -0.264 e. The average Bonchev–Trinajstić information content (AvgIpc) is 3.15. The van der Waals surface area contributed by atoms with E-state index in [1.54, 1.807) is 16.9 Å². The van der Waals surface area contributed by atoms with E-state index in [1.165, 1.54) is 11.3 Å². The van der Waals surface area contributed by atoms with Crippen molar-refractivity contribution in [2.45, 2.75) is 0 Å². The van der Waals surface area contributed by atoms with Crippen LogP contribution in [0.5, 0.6) is 0 Å². The van der Waals surface area contributed by atoms with Gasteiger partial charge in [0.15, 0.2) is 5.82 Å². The van der Waals surface area contributed by atoms with Crippen LogP contribution in [0.2, 0.25) is 5.02 Å². The summed E-state index contributed by atoms with van der Waals surface area (Å²) in [5.41, 5.74) is 1.83. The fourth-order valence-corrected chi connectivity index (χ4v) is 3.09. The summed E-state index contributed by atoms with van der Waals surface area (Å²) in [4.78, 5) is 4.84. The van der Waals surface area contributed by atoms with Gasteiger partial charge in [0.25, 0.3) is 0 Å². The molecule has 0 bridgehead atoms. The first-order chi connectivity index (χ1) is 11.3. The summed E-state index contributed by atoms with van der Waals surface area (Å²) in [5.74, 6) is 0.682. The molecule has 0 spiro atoms. The van der Waals surface area contributed by atoms with Crippen molar-refractivity contribution in [2.75, 3.05) is 0 Å². The van der Waals surface area contributed by atoms with E-state index in [2.05, 4.69) is 20.3 Å². The van der Waals surface area contributed by atoms with Crippen molar-refractivity contribution in [3.05, 3.63) is 64.4 Å². The fourth-order valence-electron chi connectivity index (χ4n) is 2.15. The molecule has 0 N–H and O–H groups in total. The minimum atomic E-state index is 0.682. The summed E-state index contributed by atoms with van der Waals surface area (Å²) >= 11 is 7.62. The summed E-state index contributed by atoms with van der Waals surface area (Å²) in [5, 5.41) is 14.4. The van der Waals surface area contributed by atoms with Gasteiger partial charge in [0.1, 0.15) is 5.01 Å². The molecule has 23 heavy (non-hydrogen) atoms. The summed E-state index contributed by atoms with van der Waals surface area (Å²) in [7, 11) is 0. The highest BCUT2D eigenvalue weighted by Crippen LogP contribution is 2.23. The van der Waals surface area contributed by atoms with E-state index in [9.17, 15) is 0 Å². The molecular formula is C16H10ClN5S. The molecule has 3 heterocycles. The first-order valence-corrected chi connectivity index (χ1v) is 8.06. The molecule has 0 radical (unpaired) electrons. The molecule has 0 unspecified atom stereocenters. The number of benzene rings is 1. The summed E-state index contributed by atoms with van der Waals surface area (Å²) in [6.45, 7) is 0. The van der Waals surface area contributed by atoms with Crippen LogP contribution in [0.1, 0.15) is 10.6 Å². The largest absolute Gasteiger partial charge is 0.264 e. The molecule has 0 atom stereocenters. The van der Waals surface area contributed by atoms with Gasteiger partial charge >= 0.3 is 0 Å². The van der Waals surface area contributed by atoms with Crippen molar-refractivity contribution in [1.29, 1.82) is 0 Å². The number of aromatic nitrogens is 5. The predicted octanol–water partition coefficient (Wildman–Crippen LogP) is 4.07. The number of pyridine rings is 1. The van der Waals surface area contributed by atoms with Gasteiger partial charge in [-0.25, -0.2) is 0 Å². The molecular weight excluding hydrogens is 330 g/mol. The zero-order chi connectivity index (χ0) is 15.6. The maximum absolute atomic E-state index is 6.15. The third-order valence-corrected chi connectivity index (χ3v) is 4.45. The van der Waals surface area contributed by atoms with Crippen molar-refractivity contribution in [3.8, 4) is 11.4 Å². The molecule has 4 aromatic rings. The van der Waals surface area contributed by atoms with Crippen LogP contribution in [0.3, 0.4) is 0 Å². The molecule has 0 aliphatic carbocycles. The van der Waals surface area contributed by atoms with Crippen molar-refractivity contribution in [1.82, 2.24) is 24.8 Å². The van der Waals surface area contributed by atoms with Crippen LogP contribution in [0, 0.1) is 0 Å². The first kappa shape index (κ1) is 14.0. The third kappa shape index (κ3) is 2.74. The van der Waals surface area contributed by atoms with Crippen LogP contribution in [-0.4, -0.2) is 24.8 Å². The Morgan fingerprint density at radius 2 is 1.96 bits per heavy atom. The van der Waals surface area contributed by atoms with Crippen molar-refractivity contribution in [2.24, 2.45) is 0 Å². The van der Waals surface area contributed by atoms with Gasteiger partial charge in [-0.15, -0.1) is 10.2 Å². The van der Waals surface area contributed by atoms with E-state index in [4.69, 9.17) is 11.6 Å². The standard InChI is InChI=1S/C16H10ClN5S/c17-13-6-2-1-4-11(13)7-8-14-21-22-15(19-20-16(22)23-14)12-5-3-9-18-10-12/h1-10H. The molecule has 7 heteroatoms. The molecule has 0 saturated heterocycles. The van der Waals surface area contributed by atoms with Gasteiger partial charge in [0, 0.05) is 23.0 Å². The minimum absolute atomic E-state index is 0.682. The highest BCUT2D eigenvalue weighted by molar-refractivity contribution is 7.17. The molecule has 0 aliphatic rings. The summed E-state index contributed by atoms with van der Waals surface area (Å²) in [6, 6.07) is 11.5. The average molecular weight is 340 g/mol. The van der Waals surface area contributed by atoms with Crippen LogP contribution in [0.15, 0.2) is 48.8 Å². The third-order valence-electron chi connectivity index (χ3n) is 3.24. The number of nitrogens with zero attached hydrogens (tertiary/aromatic N) is 5. The van der Waals surface area contributed by atoms with E-state index >= 15 is 0 Å². The fraction of sp³-hybridized carbons (Fsp3) is 0. The second-order valence-electron chi connectivity index (χ2n) is 4.75. The van der Waals surface area contributed by atoms with Gasteiger partial charge in [-0.3, -0.25) is 4.98 Å². The Morgan fingerprint density at radius 1 is 1.04 bits per heavy atom.